The predicted molar refractivity (Wildman–Crippen MR) is 120 cm³/mol. The summed E-state index contributed by atoms with van der Waals surface area (Å²) < 4.78 is 1.84. The van der Waals surface area contributed by atoms with Crippen LogP contribution >= 0.6 is 23.4 Å². The van der Waals surface area contributed by atoms with Gasteiger partial charge in [-0.3, -0.25) is 9.59 Å². The summed E-state index contributed by atoms with van der Waals surface area (Å²) in [6.07, 6.45) is 0. The molecule has 156 valence electrons. The van der Waals surface area contributed by atoms with Gasteiger partial charge in [0.2, 0.25) is 5.91 Å². The average Bonchev–Trinajstić information content (AvgIpc) is 3.07. The lowest BCUT2D eigenvalue weighted by Gasteiger charge is -2.08. The number of hydrogen-bond acceptors (Lipinski definition) is 6. The van der Waals surface area contributed by atoms with Gasteiger partial charge in [-0.25, -0.2) is 0 Å². The van der Waals surface area contributed by atoms with Gasteiger partial charge < -0.3 is 15.2 Å². The lowest BCUT2D eigenvalue weighted by Crippen LogP contribution is -2.15. The van der Waals surface area contributed by atoms with E-state index in [9.17, 15) is 9.59 Å². The van der Waals surface area contributed by atoms with Gasteiger partial charge in [-0.15, -0.1) is 10.2 Å². The molecule has 0 spiro atoms. The molecule has 2 aromatic carbocycles. The molecule has 0 saturated carbocycles. The minimum atomic E-state index is -0.183. The number of ketones is 1. The van der Waals surface area contributed by atoms with E-state index >= 15 is 0 Å². The fourth-order valence-corrected chi connectivity index (χ4v) is 3.56. The molecule has 2 N–H and O–H groups in total. The molecule has 3 aromatic rings. The van der Waals surface area contributed by atoms with E-state index in [0.717, 1.165) is 17.1 Å². The number of nitrogens with one attached hydrogen (secondary N) is 2. The summed E-state index contributed by atoms with van der Waals surface area (Å²) in [5.41, 5.74) is 3.06. The van der Waals surface area contributed by atoms with E-state index in [1.54, 1.807) is 24.3 Å². The third-order valence-corrected chi connectivity index (χ3v) is 5.86. The van der Waals surface area contributed by atoms with Crippen LogP contribution in [0.25, 0.3) is 0 Å². The van der Waals surface area contributed by atoms with Crippen molar-refractivity contribution in [3.63, 3.8) is 0 Å². The van der Waals surface area contributed by atoms with Crippen LogP contribution in [-0.2, 0) is 18.4 Å². The Balaban J connectivity index is 1.54. The van der Waals surface area contributed by atoms with Crippen LogP contribution in [0.1, 0.15) is 28.7 Å². The number of carbonyl (C=O) groups excluding carboxylic acids is 2. The molecule has 0 bridgehead atoms. The van der Waals surface area contributed by atoms with Crippen molar-refractivity contribution in [1.29, 1.82) is 0 Å². The monoisotopic (exact) mass is 443 g/mol. The second-order valence-corrected chi connectivity index (χ2v) is 8.10. The van der Waals surface area contributed by atoms with Gasteiger partial charge in [0, 0.05) is 29.0 Å². The summed E-state index contributed by atoms with van der Waals surface area (Å²) in [7, 11) is 1.86. The number of Topliss-reactive ketones (excluding diaryl/α,β-unsaturated/α-hetero) is 1. The number of aromatic nitrogens is 3. The average molecular weight is 444 g/mol. The first kappa shape index (κ1) is 21.9. The first-order chi connectivity index (χ1) is 14.3. The molecule has 0 radical (unpaired) electrons. The van der Waals surface area contributed by atoms with Gasteiger partial charge in [-0.2, -0.15) is 0 Å². The maximum atomic E-state index is 12.3. The standard InChI is InChI=1S/C21H22ClN5O2S/c1-13-7-8-16(10-18(13)22)23-11-19-25-26-21(27(19)3)30-12-20(29)24-17-6-4-5-15(9-17)14(2)28/h4-10,23H,11-12H2,1-3H3,(H,24,29). The van der Waals surface area contributed by atoms with Gasteiger partial charge in [0.25, 0.3) is 0 Å². The number of carbonyl (C=O) groups is 2. The zero-order valence-electron chi connectivity index (χ0n) is 16.9. The lowest BCUT2D eigenvalue weighted by atomic mass is 10.1. The number of rotatable bonds is 8. The minimum absolute atomic E-state index is 0.0476. The number of anilines is 2. The Morgan fingerprint density at radius 2 is 1.93 bits per heavy atom. The van der Waals surface area contributed by atoms with E-state index in [1.807, 2.05) is 36.7 Å². The Kier molecular flexibility index (Phi) is 7.12. The van der Waals surface area contributed by atoms with E-state index in [-0.39, 0.29) is 17.4 Å². The van der Waals surface area contributed by atoms with Crippen LogP contribution in [0, 0.1) is 6.92 Å². The fourth-order valence-electron chi connectivity index (χ4n) is 2.65. The van der Waals surface area contributed by atoms with Crippen molar-refractivity contribution in [2.75, 3.05) is 16.4 Å². The summed E-state index contributed by atoms with van der Waals surface area (Å²) in [5.74, 6) is 0.687. The normalized spacial score (nSPS) is 10.7. The van der Waals surface area contributed by atoms with Crippen LogP contribution in [0.15, 0.2) is 47.6 Å². The van der Waals surface area contributed by atoms with Gasteiger partial charge >= 0.3 is 0 Å². The van der Waals surface area contributed by atoms with Gasteiger partial charge in [-0.1, -0.05) is 41.6 Å². The highest BCUT2D eigenvalue weighted by Crippen LogP contribution is 2.21. The van der Waals surface area contributed by atoms with Crippen LogP contribution in [0.4, 0.5) is 11.4 Å². The summed E-state index contributed by atoms with van der Waals surface area (Å²) in [5, 5.41) is 15.8. The number of halogens is 1. The summed E-state index contributed by atoms with van der Waals surface area (Å²) in [6, 6.07) is 12.6. The van der Waals surface area contributed by atoms with E-state index in [2.05, 4.69) is 20.8 Å². The molecular formula is C21H22ClN5O2S. The first-order valence-corrected chi connectivity index (χ1v) is 10.6. The van der Waals surface area contributed by atoms with Crippen molar-refractivity contribution in [3.8, 4) is 0 Å². The highest BCUT2D eigenvalue weighted by atomic mass is 35.5. The highest BCUT2D eigenvalue weighted by Gasteiger charge is 2.12. The minimum Gasteiger partial charge on any atom is -0.378 e. The van der Waals surface area contributed by atoms with Crippen LogP contribution < -0.4 is 10.6 Å². The van der Waals surface area contributed by atoms with E-state index in [0.29, 0.717) is 28.0 Å². The van der Waals surface area contributed by atoms with Gasteiger partial charge in [0.15, 0.2) is 16.8 Å². The Labute approximate surface area is 184 Å². The van der Waals surface area contributed by atoms with Crippen molar-refractivity contribution in [2.45, 2.75) is 25.5 Å². The third-order valence-electron chi connectivity index (χ3n) is 4.43. The van der Waals surface area contributed by atoms with E-state index < -0.39 is 0 Å². The van der Waals surface area contributed by atoms with Crippen LogP contribution in [0.3, 0.4) is 0 Å². The number of benzene rings is 2. The largest absolute Gasteiger partial charge is 0.378 e. The number of hydrogen-bond donors (Lipinski definition) is 2. The Bertz CT molecular complexity index is 1080. The number of nitrogens with zero attached hydrogens (tertiary/aromatic N) is 3. The van der Waals surface area contributed by atoms with E-state index in [4.69, 9.17) is 11.6 Å². The zero-order valence-corrected chi connectivity index (χ0v) is 18.5. The molecule has 0 atom stereocenters. The molecule has 1 aromatic heterocycles. The summed E-state index contributed by atoms with van der Waals surface area (Å²) in [4.78, 5) is 23.7. The van der Waals surface area contributed by atoms with Crippen molar-refractivity contribution < 1.29 is 9.59 Å². The smallest absolute Gasteiger partial charge is 0.234 e. The molecule has 7 nitrogen and oxygen atoms in total. The molecule has 1 heterocycles. The topological polar surface area (TPSA) is 88.9 Å². The van der Waals surface area contributed by atoms with Gasteiger partial charge in [0.05, 0.1) is 12.3 Å². The number of thioether (sulfide) groups is 1. The molecule has 0 aliphatic heterocycles. The molecule has 0 fully saturated rings. The molecule has 0 aliphatic rings. The second-order valence-electron chi connectivity index (χ2n) is 6.75. The number of amides is 1. The SMILES string of the molecule is CC(=O)c1cccc(NC(=O)CSc2nnc(CNc3ccc(C)c(Cl)c3)n2C)c1. The molecule has 3 rings (SSSR count). The molecule has 9 heteroatoms. The first-order valence-electron chi connectivity index (χ1n) is 9.25. The Morgan fingerprint density at radius 3 is 2.67 bits per heavy atom. The van der Waals surface area contributed by atoms with Crippen molar-refractivity contribution >= 4 is 46.4 Å². The van der Waals surface area contributed by atoms with E-state index in [1.165, 1.54) is 18.7 Å². The fraction of sp³-hybridized carbons (Fsp3) is 0.238. The third kappa shape index (κ3) is 5.61. The summed E-state index contributed by atoms with van der Waals surface area (Å²) >= 11 is 7.45. The highest BCUT2D eigenvalue weighted by molar-refractivity contribution is 7.99. The maximum absolute atomic E-state index is 12.3. The Morgan fingerprint density at radius 1 is 1.13 bits per heavy atom. The number of aryl methyl sites for hydroxylation is 1. The van der Waals surface area contributed by atoms with Crippen molar-refractivity contribution in [2.24, 2.45) is 7.05 Å². The molecule has 0 unspecified atom stereocenters. The second kappa shape index (κ2) is 9.77. The van der Waals surface area contributed by atoms with Crippen LogP contribution in [-0.4, -0.2) is 32.2 Å². The maximum Gasteiger partial charge on any atom is 0.234 e. The van der Waals surface area contributed by atoms with Crippen LogP contribution in [0.2, 0.25) is 5.02 Å². The van der Waals surface area contributed by atoms with Crippen molar-refractivity contribution in [1.82, 2.24) is 14.8 Å². The Hall–Kier alpha value is -2.84. The summed E-state index contributed by atoms with van der Waals surface area (Å²) in [6.45, 7) is 3.92. The molecule has 30 heavy (non-hydrogen) atoms. The predicted octanol–water partition coefficient (Wildman–Crippen LogP) is 4.32. The molecular weight excluding hydrogens is 422 g/mol. The van der Waals surface area contributed by atoms with Crippen molar-refractivity contribution in [3.05, 3.63) is 64.4 Å². The molecule has 0 saturated heterocycles. The van der Waals surface area contributed by atoms with Gasteiger partial charge in [0.1, 0.15) is 0 Å². The molecule has 1 amide bonds. The van der Waals surface area contributed by atoms with Crippen LogP contribution in [0.5, 0.6) is 0 Å². The zero-order chi connectivity index (χ0) is 21.7. The quantitative estimate of drug-likeness (QED) is 0.398. The molecule has 0 aliphatic carbocycles. The lowest BCUT2D eigenvalue weighted by molar-refractivity contribution is -0.113. The van der Waals surface area contributed by atoms with Gasteiger partial charge in [-0.05, 0) is 43.7 Å².